The van der Waals surface area contributed by atoms with Crippen LogP contribution < -0.4 is 10.1 Å². The highest BCUT2D eigenvalue weighted by atomic mass is 35.5. The molecule has 2 aromatic carbocycles. The van der Waals surface area contributed by atoms with Crippen molar-refractivity contribution in [1.82, 2.24) is 10.2 Å². The molecule has 1 saturated heterocycles. The molecule has 0 aliphatic carbocycles. The molecule has 7 heteroatoms. The number of hydrogen-bond donors (Lipinski definition) is 1. The van der Waals surface area contributed by atoms with Gasteiger partial charge in [0, 0.05) is 26.2 Å². The predicted octanol–water partition coefficient (Wildman–Crippen LogP) is 3.91. The average molecular weight is 423 g/mol. The molecule has 0 spiro atoms. The van der Waals surface area contributed by atoms with Crippen molar-refractivity contribution < 1.29 is 14.3 Å². The molecule has 0 bridgehead atoms. The van der Waals surface area contributed by atoms with Crippen molar-refractivity contribution >= 4 is 29.1 Å². The Hall–Kier alpha value is -1.79. The van der Waals surface area contributed by atoms with Crippen molar-refractivity contribution in [1.29, 1.82) is 0 Å². The number of carbonyl (C=O) groups excluding carboxylic acids is 1. The summed E-state index contributed by atoms with van der Waals surface area (Å²) in [5, 5.41) is 3.61. The van der Waals surface area contributed by atoms with Crippen molar-refractivity contribution in [2.45, 2.75) is 26.1 Å². The van der Waals surface area contributed by atoms with Gasteiger partial charge in [-0.15, -0.1) is 0 Å². The third-order valence-electron chi connectivity index (χ3n) is 4.56. The highest BCUT2D eigenvalue weighted by Gasteiger charge is 2.17. The highest BCUT2D eigenvalue weighted by molar-refractivity contribution is 6.42. The lowest BCUT2D eigenvalue weighted by Gasteiger charge is -2.26. The fourth-order valence-corrected chi connectivity index (χ4v) is 3.34. The lowest BCUT2D eigenvalue weighted by molar-refractivity contribution is -0.127. The number of morpholine rings is 1. The molecule has 1 fully saturated rings. The first-order chi connectivity index (χ1) is 13.5. The van der Waals surface area contributed by atoms with Gasteiger partial charge in [0.25, 0.3) is 5.91 Å². The number of nitrogens with one attached hydrogen (secondary N) is 1. The van der Waals surface area contributed by atoms with Crippen molar-refractivity contribution in [2.75, 3.05) is 26.3 Å². The number of rotatable bonds is 7. The number of halogens is 2. The van der Waals surface area contributed by atoms with Gasteiger partial charge in [0.2, 0.25) is 0 Å². The zero-order valence-corrected chi connectivity index (χ0v) is 17.3. The summed E-state index contributed by atoms with van der Waals surface area (Å²) in [5.41, 5.74) is 2.27. The van der Waals surface area contributed by atoms with E-state index >= 15 is 0 Å². The molecule has 1 unspecified atom stereocenters. The van der Waals surface area contributed by atoms with Crippen molar-refractivity contribution in [2.24, 2.45) is 0 Å². The zero-order chi connectivity index (χ0) is 19.9. The van der Waals surface area contributed by atoms with Crippen LogP contribution in [0.2, 0.25) is 10.0 Å². The van der Waals surface area contributed by atoms with E-state index in [9.17, 15) is 4.79 Å². The van der Waals surface area contributed by atoms with Crippen LogP contribution in [0.25, 0.3) is 0 Å². The normalized spacial score (nSPS) is 15.8. The van der Waals surface area contributed by atoms with Gasteiger partial charge in [0.1, 0.15) is 10.8 Å². The monoisotopic (exact) mass is 422 g/mol. The largest absolute Gasteiger partial charge is 0.479 e. The summed E-state index contributed by atoms with van der Waals surface area (Å²) in [5.74, 6) is 0.180. The topological polar surface area (TPSA) is 50.8 Å². The van der Waals surface area contributed by atoms with E-state index in [4.69, 9.17) is 32.7 Å². The van der Waals surface area contributed by atoms with Crippen LogP contribution in [0.1, 0.15) is 18.1 Å². The number of nitrogens with zero attached hydrogens (tertiary/aromatic N) is 1. The van der Waals surface area contributed by atoms with Crippen LogP contribution in [0, 0.1) is 0 Å². The Bertz CT molecular complexity index is 810. The molecule has 1 aliphatic heterocycles. The highest BCUT2D eigenvalue weighted by Crippen LogP contribution is 2.32. The van der Waals surface area contributed by atoms with Crippen LogP contribution in [-0.2, 0) is 22.6 Å². The molecular formula is C21H24Cl2N2O3. The number of ether oxygens (including phenoxy) is 2. The summed E-state index contributed by atoms with van der Waals surface area (Å²) in [4.78, 5) is 14.8. The minimum Gasteiger partial charge on any atom is -0.479 e. The summed E-state index contributed by atoms with van der Waals surface area (Å²) in [6.45, 7) is 6.46. The van der Waals surface area contributed by atoms with Gasteiger partial charge in [-0.25, -0.2) is 0 Å². The van der Waals surface area contributed by atoms with Crippen molar-refractivity contribution in [3.63, 3.8) is 0 Å². The Morgan fingerprint density at radius 2 is 1.89 bits per heavy atom. The SMILES string of the molecule is CC(Oc1cccc(Cl)c1Cl)C(=O)NCc1cccc(CN2CCOCC2)c1. The second kappa shape index (κ2) is 10.1. The second-order valence-electron chi connectivity index (χ2n) is 6.74. The fourth-order valence-electron chi connectivity index (χ4n) is 3.01. The molecular weight excluding hydrogens is 399 g/mol. The molecule has 2 aromatic rings. The third-order valence-corrected chi connectivity index (χ3v) is 5.36. The Labute approximate surface area is 175 Å². The Balaban J connectivity index is 1.52. The quantitative estimate of drug-likeness (QED) is 0.734. The molecule has 150 valence electrons. The third kappa shape index (κ3) is 5.85. The van der Waals surface area contributed by atoms with Crippen molar-refractivity contribution in [3.8, 4) is 5.75 Å². The number of hydrogen-bond acceptors (Lipinski definition) is 4. The maximum atomic E-state index is 12.4. The number of carbonyl (C=O) groups is 1. The molecule has 1 atom stereocenters. The molecule has 1 heterocycles. The van der Waals surface area contributed by atoms with Gasteiger partial charge < -0.3 is 14.8 Å². The van der Waals surface area contributed by atoms with E-state index in [2.05, 4.69) is 22.3 Å². The zero-order valence-electron chi connectivity index (χ0n) is 15.8. The average Bonchev–Trinajstić information content (AvgIpc) is 2.70. The van der Waals surface area contributed by atoms with Gasteiger partial charge in [-0.1, -0.05) is 53.5 Å². The van der Waals surface area contributed by atoms with Gasteiger partial charge in [-0.3, -0.25) is 9.69 Å². The van der Waals surface area contributed by atoms with Gasteiger partial charge in [-0.05, 0) is 30.2 Å². The lowest BCUT2D eigenvalue weighted by Crippen LogP contribution is -2.36. The number of benzene rings is 2. The molecule has 1 amide bonds. The summed E-state index contributed by atoms with van der Waals surface area (Å²) in [7, 11) is 0. The van der Waals surface area contributed by atoms with Crippen molar-refractivity contribution in [3.05, 3.63) is 63.6 Å². The molecule has 1 N–H and O–H groups in total. The standard InChI is InChI=1S/C21H24Cl2N2O3/c1-15(28-19-7-3-6-18(22)20(19)23)21(26)24-13-16-4-2-5-17(12-16)14-25-8-10-27-11-9-25/h2-7,12,15H,8-11,13-14H2,1H3,(H,24,26). The Morgan fingerprint density at radius 1 is 1.18 bits per heavy atom. The van der Waals surface area contributed by atoms with E-state index in [0.29, 0.717) is 22.3 Å². The molecule has 1 aliphatic rings. The molecule has 0 aromatic heterocycles. The van der Waals surface area contributed by atoms with E-state index in [1.54, 1.807) is 25.1 Å². The van der Waals surface area contributed by atoms with Gasteiger partial charge in [0.05, 0.1) is 18.2 Å². The van der Waals surface area contributed by atoms with Crippen LogP contribution in [0.3, 0.4) is 0 Å². The fraction of sp³-hybridized carbons (Fsp3) is 0.381. The van der Waals surface area contributed by atoms with E-state index < -0.39 is 6.10 Å². The maximum Gasteiger partial charge on any atom is 0.261 e. The summed E-state index contributed by atoms with van der Waals surface area (Å²) >= 11 is 12.1. The van der Waals surface area contributed by atoms with Gasteiger partial charge in [-0.2, -0.15) is 0 Å². The van der Waals surface area contributed by atoms with Gasteiger partial charge in [0.15, 0.2) is 6.10 Å². The maximum absolute atomic E-state index is 12.4. The molecule has 3 rings (SSSR count). The van der Waals surface area contributed by atoms with Crippen LogP contribution in [-0.4, -0.2) is 43.2 Å². The molecule has 0 radical (unpaired) electrons. The predicted molar refractivity (Wildman–Crippen MR) is 111 cm³/mol. The smallest absolute Gasteiger partial charge is 0.261 e. The van der Waals surface area contributed by atoms with E-state index in [1.807, 2.05) is 12.1 Å². The molecule has 5 nitrogen and oxygen atoms in total. The van der Waals surface area contributed by atoms with E-state index in [0.717, 1.165) is 38.4 Å². The van der Waals surface area contributed by atoms with Crippen LogP contribution in [0.4, 0.5) is 0 Å². The first-order valence-corrected chi connectivity index (χ1v) is 10.0. The number of amides is 1. The Morgan fingerprint density at radius 3 is 2.68 bits per heavy atom. The van der Waals surface area contributed by atoms with Crippen LogP contribution >= 0.6 is 23.2 Å². The first-order valence-electron chi connectivity index (χ1n) is 9.29. The van der Waals surface area contributed by atoms with E-state index in [-0.39, 0.29) is 5.91 Å². The van der Waals surface area contributed by atoms with Gasteiger partial charge >= 0.3 is 0 Å². The minimum atomic E-state index is -0.688. The lowest BCUT2D eigenvalue weighted by atomic mass is 10.1. The summed E-state index contributed by atoms with van der Waals surface area (Å²) in [6.07, 6.45) is -0.688. The Kier molecular flexibility index (Phi) is 7.57. The molecule has 0 saturated carbocycles. The molecule has 28 heavy (non-hydrogen) atoms. The minimum absolute atomic E-state index is 0.213. The summed E-state index contributed by atoms with van der Waals surface area (Å²) < 4.78 is 11.0. The second-order valence-corrected chi connectivity index (χ2v) is 7.52. The summed E-state index contributed by atoms with van der Waals surface area (Å²) in [6, 6.07) is 13.3. The van der Waals surface area contributed by atoms with E-state index in [1.165, 1.54) is 5.56 Å². The van der Waals surface area contributed by atoms with Crippen LogP contribution in [0.15, 0.2) is 42.5 Å². The first kappa shape index (κ1) is 20.9. The van der Waals surface area contributed by atoms with Crippen LogP contribution in [0.5, 0.6) is 5.75 Å².